The van der Waals surface area contributed by atoms with Crippen molar-refractivity contribution in [3.8, 4) is 0 Å². The molecule has 0 aliphatic carbocycles. The monoisotopic (exact) mass is 579 g/mol. The minimum absolute atomic E-state index is 0.160. The number of ether oxygens (including phenoxy) is 2. The number of hydrogen-bond donors (Lipinski definition) is 0. The number of rotatable bonds is 6. The Morgan fingerprint density at radius 3 is 2.48 bits per heavy atom. The molecule has 0 fully saturated rings. The third kappa shape index (κ3) is 4.77. The Labute approximate surface area is 238 Å². The Balaban J connectivity index is 1.75. The molecule has 2 aromatic carbocycles. The molecule has 0 bridgehead atoms. The van der Waals surface area contributed by atoms with Crippen molar-refractivity contribution >= 4 is 52.0 Å². The van der Waals surface area contributed by atoms with Gasteiger partial charge in [0.2, 0.25) is 0 Å². The van der Waals surface area contributed by atoms with E-state index in [0.717, 1.165) is 11.3 Å². The zero-order chi connectivity index (χ0) is 28.7. The van der Waals surface area contributed by atoms with Crippen molar-refractivity contribution in [3.63, 3.8) is 0 Å². The molecule has 1 amide bonds. The number of amides is 1. The third-order valence-electron chi connectivity index (χ3n) is 6.49. The van der Waals surface area contributed by atoms with Crippen molar-refractivity contribution in [2.75, 3.05) is 18.1 Å². The van der Waals surface area contributed by atoms with Crippen LogP contribution in [-0.4, -0.2) is 41.7 Å². The van der Waals surface area contributed by atoms with Gasteiger partial charge in [0, 0.05) is 10.6 Å². The predicted octanol–water partition coefficient (Wildman–Crippen LogP) is 3.12. The topological polar surface area (TPSA) is 107 Å². The summed E-state index contributed by atoms with van der Waals surface area (Å²) in [5.41, 5.74) is 1.99. The SMILES string of the molecule is CCOC(=O)CN1C(=O)/C(=c2/sc3n(c2=O)[C@H](c2ccc(Cl)cc2)C(C(=O)OC(C)C)=C(C)N=3)c2ccccc21. The van der Waals surface area contributed by atoms with Gasteiger partial charge in [-0.25, -0.2) is 9.79 Å². The van der Waals surface area contributed by atoms with E-state index in [0.29, 0.717) is 32.3 Å². The maximum Gasteiger partial charge on any atom is 0.338 e. The number of aromatic nitrogens is 1. The molecule has 0 saturated heterocycles. The fraction of sp³-hybridized carbons (Fsp3) is 0.276. The summed E-state index contributed by atoms with van der Waals surface area (Å²) in [6, 6.07) is 13.0. The van der Waals surface area contributed by atoms with Crippen molar-refractivity contribution < 1.29 is 23.9 Å². The van der Waals surface area contributed by atoms with E-state index in [-0.39, 0.29) is 34.9 Å². The molecule has 206 valence electrons. The normalized spacial score (nSPS) is 17.5. The highest BCUT2D eigenvalue weighted by Crippen LogP contribution is 2.36. The van der Waals surface area contributed by atoms with Gasteiger partial charge in [-0.15, -0.1) is 0 Å². The van der Waals surface area contributed by atoms with Crippen molar-refractivity contribution in [3.05, 3.63) is 95.6 Å². The summed E-state index contributed by atoms with van der Waals surface area (Å²) in [4.78, 5) is 59.7. The minimum atomic E-state index is -0.850. The zero-order valence-corrected chi connectivity index (χ0v) is 23.8. The van der Waals surface area contributed by atoms with Gasteiger partial charge in [-0.2, -0.15) is 0 Å². The van der Waals surface area contributed by atoms with Crippen LogP contribution in [0.15, 0.2) is 69.6 Å². The summed E-state index contributed by atoms with van der Waals surface area (Å²) in [6.45, 7) is 6.76. The number of nitrogens with zero attached hydrogens (tertiary/aromatic N) is 3. The first kappa shape index (κ1) is 27.5. The fourth-order valence-corrected chi connectivity index (χ4v) is 6.13. The van der Waals surface area contributed by atoms with Gasteiger partial charge >= 0.3 is 11.9 Å². The molecule has 0 radical (unpaired) electrons. The van der Waals surface area contributed by atoms with Crippen molar-refractivity contribution in [1.82, 2.24) is 4.57 Å². The van der Waals surface area contributed by atoms with E-state index in [1.54, 1.807) is 76.2 Å². The zero-order valence-electron chi connectivity index (χ0n) is 22.3. The molecule has 0 unspecified atom stereocenters. The molecule has 2 aliphatic rings. The van der Waals surface area contributed by atoms with E-state index in [9.17, 15) is 19.2 Å². The Morgan fingerprint density at radius 1 is 1.10 bits per heavy atom. The molecule has 9 nitrogen and oxygen atoms in total. The molecule has 0 N–H and O–H groups in total. The largest absolute Gasteiger partial charge is 0.465 e. The molecule has 3 heterocycles. The van der Waals surface area contributed by atoms with Crippen molar-refractivity contribution in [1.29, 1.82) is 0 Å². The number of esters is 2. The first-order valence-electron chi connectivity index (χ1n) is 12.7. The van der Waals surface area contributed by atoms with E-state index in [1.165, 1.54) is 9.47 Å². The molecular weight excluding hydrogens is 554 g/mol. The highest BCUT2D eigenvalue weighted by atomic mass is 35.5. The van der Waals surface area contributed by atoms with Crippen LogP contribution in [0.5, 0.6) is 0 Å². The average molecular weight is 580 g/mol. The predicted molar refractivity (Wildman–Crippen MR) is 151 cm³/mol. The maximum absolute atomic E-state index is 14.2. The van der Waals surface area contributed by atoms with Crippen LogP contribution in [0.1, 0.15) is 44.9 Å². The first-order chi connectivity index (χ1) is 19.1. The van der Waals surface area contributed by atoms with E-state index >= 15 is 0 Å². The Hall–Kier alpha value is -4.02. The van der Waals surface area contributed by atoms with Crippen LogP contribution in [-0.2, 0) is 23.9 Å². The summed E-state index contributed by atoms with van der Waals surface area (Å²) >= 11 is 7.20. The van der Waals surface area contributed by atoms with Gasteiger partial charge in [0.1, 0.15) is 11.1 Å². The molecule has 2 aliphatic heterocycles. The molecular formula is C29H26ClN3O6S. The van der Waals surface area contributed by atoms with Gasteiger partial charge in [-0.05, 0) is 51.5 Å². The van der Waals surface area contributed by atoms with E-state index in [4.69, 9.17) is 21.1 Å². The maximum atomic E-state index is 14.2. The van der Waals surface area contributed by atoms with Gasteiger partial charge in [-0.1, -0.05) is 53.3 Å². The van der Waals surface area contributed by atoms with Crippen LogP contribution in [0.2, 0.25) is 5.02 Å². The number of halogens is 1. The highest BCUT2D eigenvalue weighted by molar-refractivity contribution is 7.07. The number of para-hydroxylation sites is 1. The number of benzene rings is 2. The summed E-state index contributed by atoms with van der Waals surface area (Å²) in [6.07, 6.45) is -0.386. The number of carbonyl (C=O) groups excluding carboxylic acids is 3. The summed E-state index contributed by atoms with van der Waals surface area (Å²) in [5, 5.41) is 0.500. The summed E-state index contributed by atoms with van der Waals surface area (Å²) in [5.74, 6) is -1.63. The average Bonchev–Trinajstić information content (AvgIpc) is 3.36. The second kappa shape index (κ2) is 10.9. The number of hydrogen-bond acceptors (Lipinski definition) is 8. The lowest BCUT2D eigenvalue weighted by molar-refractivity contribution is -0.143. The second-order valence-electron chi connectivity index (χ2n) is 9.50. The van der Waals surface area contributed by atoms with Gasteiger partial charge in [0.25, 0.3) is 11.5 Å². The number of thiazole rings is 1. The summed E-state index contributed by atoms with van der Waals surface area (Å²) in [7, 11) is 0. The quantitative estimate of drug-likeness (QED) is 0.415. The van der Waals surface area contributed by atoms with Gasteiger partial charge in [0.05, 0.1) is 41.3 Å². The van der Waals surface area contributed by atoms with Gasteiger partial charge in [0.15, 0.2) is 4.80 Å². The number of anilines is 1. The van der Waals surface area contributed by atoms with Gasteiger partial charge in [-0.3, -0.25) is 23.9 Å². The van der Waals surface area contributed by atoms with Crippen LogP contribution in [0, 0.1) is 0 Å². The smallest absolute Gasteiger partial charge is 0.338 e. The molecule has 1 aromatic heterocycles. The van der Waals surface area contributed by atoms with Crippen LogP contribution in [0.25, 0.3) is 5.57 Å². The molecule has 40 heavy (non-hydrogen) atoms. The minimum Gasteiger partial charge on any atom is -0.465 e. The van der Waals surface area contributed by atoms with Crippen molar-refractivity contribution in [2.24, 2.45) is 4.99 Å². The molecule has 5 rings (SSSR count). The van der Waals surface area contributed by atoms with Crippen LogP contribution in [0.4, 0.5) is 5.69 Å². The lowest BCUT2D eigenvalue weighted by Crippen LogP contribution is -2.41. The van der Waals surface area contributed by atoms with E-state index in [2.05, 4.69) is 4.99 Å². The molecule has 3 aromatic rings. The lowest BCUT2D eigenvalue weighted by atomic mass is 9.96. The molecule has 1 atom stereocenters. The fourth-order valence-electron chi connectivity index (χ4n) is 4.86. The number of carbonyl (C=O) groups is 3. The van der Waals surface area contributed by atoms with Gasteiger partial charge < -0.3 is 9.47 Å². The Kier molecular flexibility index (Phi) is 7.48. The number of fused-ring (bicyclic) bond motifs is 2. The molecule has 0 saturated carbocycles. The van der Waals surface area contributed by atoms with Crippen LogP contribution in [0.3, 0.4) is 0 Å². The second-order valence-corrected chi connectivity index (χ2v) is 10.9. The number of allylic oxidation sites excluding steroid dienone is 1. The van der Waals surface area contributed by atoms with Crippen LogP contribution < -0.4 is 19.8 Å². The summed E-state index contributed by atoms with van der Waals surface area (Å²) < 4.78 is 12.2. The van der Waals surface area contributed by atoms with Crippen LogP contribution >= 0.6 is 22.9 Å². The molecule has 0 spiro atoms. The first-order valence-corrected chi connectivity index (χ1v) is 13.9. The Bertz CT molecular complexity index is 1750. The Morgan fingerprint density at radius 2 is 1.80 bits per heavy atom. The molecule has 11 heteroatoms. The third-order valence-corrected chi connectivity index (χ3v) is 7.79. The van der Waals surface area contributed by atoms with E-state index in [1.807, 2.05) is 0 Å². The van der Waals surface area contributed by atoms with Crippen molar-refractivity contribution in [2.45, 2.75) is 39.8 Å². The highest BCUT2D eigenvalue weighted by Gasteiger charge is 2.38. The standard InChI is InChI=1S/C29H26ClN3O6S/c1-5-38-21(34)14-32-20-9-7-6-8-19(20)23(26(32)35)25-27(36)33-24(17-10-12-18(30)13-11-17)22(28(37)39-15(2)3)16(4)31-29(33)40-25/h6-13,15,24H,5,14H2,1-4H3/b25-23+/t24-/m1/s1. The van der Waals surface area contributed by atoms with E-state index < -0.39 is 29.4 Å². The lowest BCUT2D eigenvalue weighted by Gasteiger charge is -2.25.